The monoisotopic (exact) mass is 309 g/mol. The number of rotatable bonds is 5. The van der Waals surface area contributed by atoms with Crippen molar-refractivity contribution in [2.24, 2.45) is 5.41 Å². The highest BCUT2D eigenvalue weighted by Gasteiger charge is 2.31. The van der Waals surface area contributed by atoms with E-state index in [4.69, 9.17) is 0 Å². The van der Waals surface area contributed by atoms with Crippen molar-refractivity contribution in [3.8, 4) is 0 Å². The van der Waals surface area contributed by atoms with E-state index in [9.17, 15) is 0 Å². The van der Waals surface area contributed by atoms with Gasteiger partial charge < -0.3 is 5.32 Å². The van der Waals surface area contributed by atoms with E-state index in [0.29, 0.717) is 5.41 Å². The van der Waals surface area contributed by atoms with E-state index < -0.39 is 0 Å². The third-order valence-corrected chi connectivity index (χ3v) is 4.78. The molecule has 0 spiro atoms. The van der Waals surface area contributed by atoms with Crippen molar-refractivity contribution in [1.29, 1.82) is 0 Å². The largest absolute Gasteiger partial charge is 0.313 e. The molecule has 1 N–H and O–H groups in total. The smallest absolute Gasteiger partial charge is 0.0178 e. The highest BCUT2D eigenvalue weighted by atomic mass is 79.9. The van der Waals surface area contributed by atoms with Crippen LogP contribution in [-0.4, -0.2) is 12.6 Å². The van der Waals surface area contributed by atoms with Gasteiger partial charge in [-0.1, -0.05) is 48.8 Å². The molecule has 0 bridgehead atoms. The number of benzene rings is 1. The van der Waals surface area contributed by atoms with Crippen molar-refractivity contribution in [3.63, 3.8) is 0 Å². The summed E-state index contributed by atoms with van der Waals surface area (Å²) in [7, 11) is 0. The van der Waals surface area contributed by atoms with Gasteiger partial charge in [0.25, 0.3) is 0 Å². The van der Waals surface area contributed by atoms with Crippen LogP contribution in [0.2, 0.25) is 0 Å². The van der Waals surface area contributed by atoms with E-state index in [2.05, 4.69) is 66.3 Å². The lowest BCUT2D eigenvalue weighted by Crippen LogP contribution is -2.44. The quantitative estimate of drug-likeness (QED) is 0.829. The van der Waals surface area contributed by atoms with E-state index in [1.807, 2.05) is 0 Å². The molecule has 1 aliphatic carbocycles. The summed E-state index contributed by atoms with van der Waals surface area (Å²) in [5.74, 6) is 0.754. The van der Waals surface area contributed by atoms with Crippen molar-refractivity contribution >= 4 is 15.9 Å². The maximum atomic E-state index is 3.71. The van der Waals surface area contributed by atoms with E-state index >= 15 is 0 Å². The summed E-state index contributed by atoms with van der Waals surface area (Å²) in [6.07, 6.45) is 3.81. The second kappa shape index (κ2) is 5.75. The minimum absolute atomic E-state index is 0.431. The highest BCUT2D eigenvalue weighted by molar-refractivity contribution is 9.10. The number of hydrogen-bond donors (Lipinski definition) is 1. The molecule has 18 heavy (non-hydrogen) atoms. The predicted octanol–water partition coefficient (Wildman–Crippen LogP) is 4.72. The van der Waals surface area contributed by atoms with Crippen molar-refractivity contribution in [2.45, 2.75) is 52.0 Å². The van der Waals surface area contributed by atoms with E-state index in [-0.39, 0.29) is 0 Å². The van der Waals surface area contributed by atoms with Crippen LogP contribution in [-0.2, 0) is 0 Å². The standard InChI is InChI=1S/C16H24BrN/c1-4-16(2,3)11-18-15-9-13(10-15)12-6-5-7-14(17)8-12/h5-8,13,15,18H,4,9-11H2,1-3H3. The van der Waals surface area contributed by atoms with Gasteiger partial charge in [-0.2, -0.15) is 0 Å². The molecular formula is C16H24BrN. The molecule has 1 fully saturated rings. The van der Waals surface area contributed by atoms with Gasteiger partial charge in [-0.3, -0.25) is 0 Å². The van der Waals surface area contributed by atoms with Crippen LogP contribution in [0.15, 0.2) is 28.7 Å². The maximum Gasteiger partial charge on any atom is 0.0178 e. The summed E-state index contributed by atoms with van der Waals surface area (Å²) in [5, 5.41) is 3.71. The molecule has 1 nitrogen and oxygen atoms in total. The molecule has 0 heterocycles. The Hall–Kier alpha value is -0.340. The second-order valence-electron chi connectivity index (χ2n) is 6.32. The van der Waals surface area contributed by atoms with E-state index in [0.717, 1.165) is 18.5 Å². The molecule has 0 radical (unpaired) electrons. The Morgan fingerprint density at radius 1 is 1.33 bits per heavy atom. The van der Waals surface area contributed by atoms with Crippen LogP contribution in [0.4, 0.5) is 0 Å². The second-order valence-corrected chi connectivity index (χ2v) is 7.23. The first-order chi connectivity index (χ1) is 8.50. The summed E-state index contributed by atoms with van der Waals surface area (Å²) >= 11 is 3.55. The predicted molar refractivity (Wildman–Crippen MR) is 82.0 cm³/mol. The minimum atomic E-state index is 0.431. The Bertz CT molecular complexity index is 394. The van der Waals surface area contributed by atoms with Crippen LogP contribution < -0.4 is 5.32 Å². The van der Waals surface area contributed by atoms with Crippen LogP contribution in [0.3, 0.4) is 0 Å². The zero-order valence-corrected chi connectivity index (χ0v) is 13.3. The molecule has 0 saturated heterocycles. The molecule has 0 aromatic heterocycles. The Kier molecular flexibility index (Phi) is 4.50. The van der Waals surface area contributed by atoms with Gasteiger partial charge in [0.15, 0.2) is 0 Å². The molecule has 1 aromatic carbocycles. The molecule has 1 aliphatic rings. The Balaban J connectivity index is 1.77. The maximum absolute atomic E-state index is 3.71. The average Bonchev–Trinajstić information content (AvgIpc) is 2.27. The summed E-state index contributed by atoms with van der Waals surface area (Å²) in [5.41, 5.74) is 1.91. The molecule has 0 atom stereocenters. The molecule has 100 valence electrons. The summed E-state index contributed by atoms with van der Waals surface area (Å²) in [6.45, 7) is 8.08. The Morgan fingerprint density at radius 3 is 2.67 bits per heavy atom. The summed E-state index contributed by atoms with van der Waals surface area (Å²) in [6, 6.07) is 9.47. The zero-order valence-electron chi connectivity index (χ0n) is 11.7. The molecule has 2 heteroatoms. The zero-order chi connectivity index (χ0) is 13.2. The highest BCUT2D eigenvalue weighted by Crippen LogP contribution is 2.38. The van der Waals surface area contributed by atoms with Crippen LogP contribution in [0.25, 0.3) is 0 Å². The van der Waals surface area contributed by atoms with Crippen molar-refractivity contribution in [1.82, 2.24) is 5.32 Å². The minimum Gasteiger partial charge on any atom is -0.313 e. The first kappa shape index (κ1) is 14.1. The average molecular weight is 310 g/mol. The van der Waals surface area contributed by atoms with Crippen LogP contribution in [0, 0.1) is 5.41 Å². The molecule has 0 amide bonds. The third kappa shape index (κ3) is 3.58. The lowest BCUT2D eigenvalue weighted by atomic mass is 9.75. The Labute approximate surface area is 119 Å². The normalized spacial score (nSPS) is 23.8. The van der Waals surface area contributed by atoms with Crippen LogP contribution >= 0.6 is 15.9 Å². The lowest BCUT2D eigenvalue weighted by Gasteiger charge is -2.38. The van der Waals surface area contributed by atoms with Crippen LogP contribution in [0.1, 0.15) is 51.5 Å². The summed E-state index contributed by atoms with van der Waals surface area (Å²) < 4.78 is 1.20. The first-order valence-electron chi connectivity index (χ1n) is 6.99. The topological polar surface area (TPSA) is 12.0 Å². The number of nitrogens with one attached hydrogen (secondary N) is 1. The van der Waals surface area contributed by atoms with Gasteiger partial charge in [0.2, 0.25) is 0 Å². The molecule has 0 unspecified atom stereocenters. The number of hydrogen-bond acceptors (Lipinski definition) is 1. The van der Waals surface area contributed by atoms with Crippen molar-refractivity contribution in [2.75, 3.05) is 6.54 Å². The third-order valence-electron chi connectivity index (χ3n) is 4.28. The Morgan fingerprint density at radius 2 is 2.06 bits per heavy atom. The van der Waals surface area contributed by atoms with Crippen molar-refractivity contribution in [3.05, 3.63) is 34.3 Å². The van der Waals surface area contributed by atoms with Gasteiger partial charge in [0.1, 0.15) is 0 Å². The van der Waals surface area contributed by atoms with Crippen LogP contribution in [0.5, 0.6) is 0 Å². The van der Waals surface area contributed by atoms with Gasteiger partial charge in [0.05, 0.1) is 0 Å². The van der Waals surface area contributed by atoms with E-state index in [1.165, 1.54) is 29.3 Å². The fraction of sp³-hybridized carbons (Fsp3) is 0.625. The van der Waals surface area contributed by atoms with E-state index in [1.54, 1.807) is 0 Å². The van der Waals surface area contributed by atoms with Gasteiger partial charge in [-0.15, -0.1) is 0 Å². The lowest BCUT2D eigenvalue weighted by molar-refractivity contribution is 0.239. The first-order valence-corrected chi connectivity index (χ1v) is 7.78. The van der Waals surface area contributed by atoms with Gasteiger partial charge in [-0.05, 0) is 48.3 Å². The van der Waals surface area contributed by atoms with Gasteiger partial charge in [-0.25, -0.2) is 0 Å². The molecule has 0 aliphatic heterocycles. The molecular weight excluding hydrogens is 286 g/mol. The van der Waals surface area contributed by atoms with Gasteiger partial charge >= 0.3 is 0 Å². The summed E-state index contributed by atoms with van der Waals surface area (Å²) in [4.78, 5) is 0. The molecule has 1 saturated carbocycles. The SMILES string of the molecule is CCC(C)(C)CNC1CC(c2cccc(Br)c2)C1. The van der Waals surface area contributed by atoms with Crippen molar-refractivity contribution < 1.29 is 0 Å². The fourth-order valence-corrected chi connectivity index (χ4v) is 2.78. The molecule has 2 rings (SSSR count). The number of halogens is 1. The molecule has 1 aromatic rings. The fourth-order valence-electron chi connectivity index (χ4n) is 2.36. The van der Waals surface area contributed by atoms with Gasteiger partial charge in [0, 0.05) is 17.1 Å².